The number of fused-ring (bicyclic) bond motifs is 1. The third-order valence-electron chi connectivity index (χ3n) is 7.72. The van der Waals surface area contributed by atoms with Crippen LogP contribution >= 0.6 is 0 Å². The Morgan fingerprint density at radius 1 is 1.10 bits per heavy atom. The van der Waals surface area contributed by atoms with Gasteiger partial charge in [0, 0.05) is 38.0 Å². The average Bonchev–Trinajstić information content (AvgIpc) is 3.55. The highest BCUT2D eigenvalue weighted by Crippen LogP contribution is 2.43. The van der Waals surface area contributed by atoms with E-state index in [1.54, 1.807) is 6.07 Å². The zero-order chi connectivity index (χ0) is 28.7. The number of halogens is 2. The van der Waals surface area contributed by atoms with E-state index in [9.17, 15) is 18.7 Å². The quantitative estimate of drug-likeness (QED) is 0.273. The second-order valence-corrected chi connectivity index (χ2v) is 10.8. The van der Waals surface area contributed by atoms with Gasteiger partial charge in [-0.15, -0.1) is 0 Å². The Morgan fingerprint density at radius 3 is 2.63 bits per heavy atom. The van der Waals surface area contributed by atoms with E-state index in [0.717, 1.165) is 29.8 Å². The molecule has 0 atom stereocenters. The minimum Gasteiger partial charge on any atom is -0.488 e. The first-order chi connectivity index (χ1) is 19.7. The number of hydrogen-bond donors (Lipinski definition) is 1. The van der Waals surface area contributed by atoms with Crippen molar-refractivity contribution in [2.75, 3.05) is 13.7 Å². The fraction of sp³-hybridized carbons (Fsp3) is 0.323. The molecule has 0 bridgehead atoms. The van der Waals surface area contributed by atoms with Gasteiger partial charge in [-0.05, 0) is 53.3 Å². The van der Waals surface area contributed by atoms with Crippen LogP contribution in [-0.4, -0.2) is 50.3 Å². The smallest absolute Gasteiger partial charge is 0.342 e. The Hall–Kier alpha value is -4.31. The Labute approximate surface area is 236 Å². The van der Waals surface area contributed by atoms with Crippen molar-refractivity contribution in [2.45, 2.75) is 45.4 Å². The summed E-state index contributed by atoms with van der Waals surface area (Å²) in [5.41, 5.74) is 5.80. The zero-order valence-electron chi connectivity index (χ0n) is 22.8. The Kier molecular flexibility index (Phi) is 6.94. The van der Waals surface area contributed by atoms with E-state index in [1.807, 2.05) is 37.3 Å². The number of nitrogens with zero attached hydrogens (tertiary/aromatic N) is 4. The number of aryl methyl sites for hydroxylation is 1. The summed E-state index contributed by atoms with van der Waals surface area (Å²) in [6, 6.07) is 17.6. The number of ether oxygens (including phenoxy) is 2. The molecule has 2 aliphatic rings. The Balaban J connectivity index is 1.19. The molecule has 0 radical (unpaired) electrons. The molecule has 2 aromatic carbocycles. The van der Waals surface area contributed by atoms with E-state index in [1.165, 1.54) is 29.1 Å². The van der Waals surface area contributed by atoms with Gasteiger partial charge in [0.05, 0.1) is 19.0 Å². The Bertz CT molecular complexity index is 1610. The van der Waals surface area contributed by atoms with Crippen molar-refractivity contribution in [1.29, 1.82) is 0 Å². The molecule has 10 heteroatoms. The molecular weight excluding hydrogens is 530 g/mol. The van der Waals surface area contributed by atoms with Crippen molar-refractivity contribution in [3.8, 4) is 28.7 Å². The SMILES string of the molecule is COc1c(C(=O)O)cnn1-c1cccc(-c2cccc(C)c2OCc2ccc3c(c2)CN(CC2CC(F)(F)C2)C3)n1. The minimum atomic E-state index is -2.48. The maximum atomic E-state index is 13.3. The van der Waals surface area contributed by atoms with Gasteiger partial charge in [-0.1, -0.05) is 36.4 Å². The van der Waals surface area contributed by atoms with Crippen LogP contribution in [0, 0.1) is 12.8 Å². The lowest BCUT2D eigenvalue weighted by Gasteiger charge is -2.37. The minimum absolute atomic E-state index is 0.00563. The summed E-state index contributed by atoms with van der Waals surface area (Å²) in [5.74, 6) is -2.35. The highest BCUT2D eigenvalue weighted by molar-refractivity contribution is 5.90. The fourth-order valence-electron chi connectivity index (χ4n) is 5.75. The van der Waals surface area contributed by atoms with Gasteiger partial charge in [0.1, 0.15) is 17.9 Å². The molecule has 0 amide bonds. The maximum Gasteiger partial charge on any atom is 0.342 e. The van der Waals surface area contributed by atoms with Crippen LogP contribution in [0.4, 0.5) is 8.78 Å². The van der Waals surface area contributed by atoms with Gasteiger partial charge in [-0.25, -0.2) is 18.6 Å². The van der Waals surface area contributed by atoms with Gasteiger partial charge in [-0.2, -0.15) is 9.78 Å². The van der Waals surface area contributed by atoms with Gasteiger partial charge in [0.15, 0.2) is 5.82 Å². The van der Waals surface area contributed by atoms with E-state index in [0.29, 0.717) is 30.4 Å². The van der Waals surface area contributed by atoms with Gasteiger partial charge in [0.2, 0.25) is 11.8 Å². The van der Waals surface area contributed by atoms with Crippen molar-refractivity contribution in [1.82, 2.24) is 19.7 Å². The van der Waals surface area contributed by atoms with Crippen molar-refractivity contribution in [3.05, 3.63) is 88.6 Å². The second-order valence-electron chi connectivity index (χ2n) is 10.8. The summed E-state index contributed by atoms with van der Waals surface area (Å²) in [6.45, 7) is 4.59. The number of para-hydroxylation sites is 1. The van der Waals surface area contributed by atoms with Crippen LogP contribution in [-0.2, 0) is 19.7 Å². The number of carboxylic acids is 1. The number of carbonyl (C=O) groups is 1. The topological polar surface area (TPSA) is 89.7 Å². The largest absolute Gasteiger partial charge is 0.488 e. The molecule has 2 aromatic heterocycles. The van der Waals surface area contributed by atoms with Crippen LogP contribution in [0.15, 0.2) is 60.8 Å². The van der Waals surface area contributed by atoms with Crippen LogP contribution < -0.4 is 9.47 Å². The third-order valence-corrected chi connectivity index (χ3v) is 7.72. The second kappa shape index (κ2) is 10.6. The van der Waals surface area contributed by atoms with E-state index in [4.69, 9.17) is 14.5 Å². The van der Waals surface area contributed by atoms with Gasteiger partial charge in [0.25, 0.3) is 0 Å². The van der Waals surface area contributed by atoms with Crippen LogP contribution in [0.2, 0.25) is 0 Å². The maximum absolute atomic E-state index is 13.3. The molecule has 0 spiro atoms. The van der Waals surface area contributed by atoms with Gasteiger partial charge < -0.3 is 14.6 Å². The number of aromatic carboxylic acids is 1. The number of alkyl halides is 2. The molecule has 1 fully saturated rings. The molecule has 1 N–H and O–H groups in total. The number of methoxy groups -OCH3 is 1. The average molecular weight is 561 g/mol. The lowest BCUT2D eigenvalue weighted by Crippen LogP contribution is -2.41. The third kappa shape index (κ3) is 5.39. The van der Waals surface area contributed by atoms with E-state index in [-0.39, 0.29) is 30.2 Å². The summed E-state index contributed by atoms with van der Waals surface area (Å²) in [7, 11) is 1.39. The molecule has 0 unspecified atom stereocenters. The number of carboxylic acid groups (broad SMARTS) is 1. The predicted molar refractivity (Wildman–Crippen MR) is 148 cm³/mol. The first-order valence-electron chi connectivity index (χ1n) is 13.5. The van der Waals surface area contributed by atoms with Crippen LogP contribution in [0.5, 0.6) is 11.6 Å². The van der Waals surface area contributed by atoms with Gasteiger partial charge in [-0.3, -0.25) is 4.90 Å². The van der Waals surface area contributed by atoms with E-state index < -0.39 is 11.9 Å². The lowest BCUT2D eigenvalue weighted by atomic mass is 9.81. The monoisotopic (exact) mass is 560 g/mol. The van der Waals surface area contributed by atoms with Crippen molar-refractivity contribution < 1.29 is 28.2 Å². The molecule has 6 rings (SSSR count). The summed E-state index contributed by atoms with van der Waals surface area (Å²) in [5, 5.41) is 13.6. The van der Waals surface area contributed by atoms with E-state index >= 15 is 0 Å². The highest BCUT2D eigenvalue weighted by atomic mass is 19.3. The first kappa shape index (κ1) is 26.9. The number of rotatable bonds is 9. The normalized spacial score (nSPS) is 16.3. The molecule has 41 heavy (non-hydrogen) atoms. The Morgan fingerprint density at radius 2 is 1.88 bits per heavy atom. The zero-order valence-corrected chi connectivity index (χ0v) is 22.8. The highest BCUT2D eigenvalue weighted by Gasteiger charge is 2.45. The van der Waals surface area contributed by atoms with Crippen molar-refractivity contribution in [2.24, 2.45) is 5.92 Å². The summed E-state index contributed by atoms with van der Waals surface area (Å²) < 4.78 is 39.5. The van der Waals surface area contributed by atoms with Crippen LogP contribution in [0.3, 0.4) is 0 Å². The first-order valence-corrected chi connectivity index (χ1v) is 13.5. The summed E-state index contributed by atoms with van der Waals surface area (Å²) in [4.78, 5) is 18.5. The number of benzene rings is 2. The molecule has 4 aromatic rings. The molecule has 1 aliphatic heterocycles. The molecule has 1 saturated carbocycles. The van der Waals surface area contributed by atoms with Gasteiger partial charge >= 0.3 is 5.97 Å². The summed E-state index contributed by atoms with van der Waals surface area (Å²) in [6.07, 6.45) is 1.22. The molecule has 8 nitrogen and oxygen atoms in total. The molecule has 0 saturated heterocycles. The fourth-order valence-corrected chi connectivity index (χ4v) is 5.75. The van der Waals surface area contributed by atoms with Crippen LogP contribution in [0.1, 0.15) is 45.5 Å². The van der Waals surface area contributed by atoms with Crippen molar-refractivity contribution in [3.63, 3.8) is 0 Å². The summed E-state index contributed by atoms with van der Waals surface area (Å²) >= 11 is 0. The molecule has 3 heterocycles. The van der Waals surface area contributed by atoms with Crippen molar-refractivity contribution >= 4 is 5.97 Å². The standard InChI is InChI=1S/C31H30F2N4O4/c1-19-5-3-6-24(26-7-4-8-27(35-26)37-29(40-2)25(14-34-37)30(38)39)28(19)41-18-20-9-10-22-16-36(17-23(22)11-20)15-21-12-31(32,33)13-21/h3-11,14,21H,12-13,15-18H2,1-2H3,(H,38,39). The predicted octanol–water partition coefficient (Wildman–Crippen LogP) is 5.89. The molecule has 212 valence electrons. The molecular formula is C31H30F2N4O4. The number of aromatic nitrogens is 3. The lowest BCUT2D eigenvalue weighted by molar-refractivity contribution is -0.116. The number of pyridine rings is 1. The molecule has 1 aliphatic carbocycles. The van der Waals surface area contributed by atoms with E-state index in [2.05, 4.69) is 28.2 Å². The van der Waals surface area contributed by atoms with Crippen LogP contribution in [0.25, 0.3) is 17.1 Å². The number of hydrogen-bond acceptors (Lipinski definition) is 6.